The number of nitrogens with zero attached hydrogens (tertiary/aromatic N) is 1. The molecule has 0 spiro atoms. The van der Waals surface area contributed by atoms with Gasteiger partial charge in [0.15, 0.2) is 11.5 Å². The zero-order valence-corrected chi connectivity index (χ0v) is 19.5. The molecule has 1 unspecified atom stereocenters. The number of hydrogen-bond donors (Lipinski definition) is 0. The fourth-order valence-corrected chi connectivity index (χ4v) is 4.40. The molecule has 7 heteroatoms. The number of halogens is 2. The second kappa shape index (κ2) is 9.31. The van der Waals surface area contributed by atoms with Gasteiger partial charge in [-0.05, 0) is 65.6 Å². The Morgan fingerprint density at radius 1 is 0.875 bits per heavy atom. The van der Waals surface area contributed by atoms with Gasteiger partial charge in [-0.1, -0.05) is 35.3 Å². The summed E-state index contributed by atoms with van der Waals surface area (Å²) >= 11 is 12.2. The van der Waals surface area contributed by atoms with Gasteiger partial charge < -0.3 is 19.1 Å². The lowest BCUT2D eigenvalue weighted by atomic mass is 9.87. The number of hydrogen-bond acceptors (Lipinski definition) is 4. The van der Waals surface area contributed by atoms with Crippen LogP contribution in [0.5, 0.6) is 17.2 Å². The average molecular weight is 472 g/mol. The second-order valence-corrected chi connectivity index (χ2v) is 8.27. The highest BCUT2D eigenvalue weighted by Gasteiger charge is 2.34. The lowest BCUT2D eigenvalue weighted by molar-refractivity contribution is 0.0694. The molecule has 0 radical (unpaired) electrons. The summed E-state index contributed by atoms with van der Waals surface area (Å²) in [4.78, 5) is 15.5. The normalized spacial score (nSPS) is 15.2. The average Bonchev–Trinajstić information content (AvgIpc) is 2.83. The maximum absolute atomic E-state index is 13.6. The maximum atomic E-state index is 13.6. The highest BCUT2D eigenvalue weighted by Crippen LogP contribution is 2.42. The Kier molecular flexibility index (Phi) is 6.49. The number of amides is 1. The van der Waals surface area contributed by atoms with E-state index in [1.165, 1.54) is 0 Å². The van der Waals surface area contributed by atoms with Crippen LogP contribution >= 0.6 is 23.2 Å². The van der Waals surface area contributed by atoms with E-state index in [0.717, 1.165) is 22.4 Å². The zero-order chi connectivity index (χ0) is 22.8. The van der Waals surface area contributed by atoms with Gasteiger partial charge in [0.25, 0.3) is 5.91 Å². The molecule has 1 atom stereocenters. The van der Waals surface area contributed by atoms with Crippen LogP contribution < -0.4 is 14.2 Å². The molecule has 32 heavy (non-hydrogen) atoms. The minimum absolute atomic E-state index is 0.121. The third kappa shape index (κ3) is 4.10. The summed E-state index contributed by atoms with van der Waals surface area (Å²) in [6.07, 6.45) is 0.690. The van der Waals surface area contributed by atoms with E-state index in [0.29, 0.717) is 40.1 Å². The molecule has 1 amide bonds. The highest BCUT2D eigenvalue weighted by molar-refractivity contribution is 6.42. The monoisotopic (exact) mass is 471 g/mol. The molecule has 0 saturated carbocycles. The van der Waals surface area contributed by atoms with Gasteiger partial charge in [-0.15, -0.1) is 0 Å². The Morgan fingerprint density at radius 3 is 2.19 bits per heavy atom. The Bertz CT molecular complexity index is 1150. The zero-order valence-electron chi connectivity index (χ0n) is 18.0. The van der Waals surface area contributed by atoms with Crippen molar-refractivity contribution in [2.45, 2.75) is 12.5 Å². The first-order chi connectivity index (χ1) is 15.5. The van der Waals surface area contributed by atoms with Crippen molar-refractivity contribution in [3.63, 3.8) is 0 Å². The predicted octanol–water partition coefficient (Wildman–Crippen LogP) is 5.81. The van der Waals surface area contributed by atoms with Crippen molar-refractivity contribution in [3.8, 4) is 17.2 Å². The fraction of sp³-hybridized carbons (Fsp3) is 0.240. The van der Waals surface area contributed by atoms with E-state index in [2.05, 4.69) is 0 Å². The molecule has 5 nitrogen and oxygen atoms in total. The Hall–Kier alpha value is -2.89. The van der Waals surface area contributed by atoms with E-state index in [-0.39, 0.29) is 11.9 Å². The van der Waals surface area contributed by atoms with Gasteiger partial charge >= 0.3 is 0 Å². The third-order valence-corrected chi connectivity index (χ3v) is 6.47. The molecule has 3 aromatic carbocycles. The van der Waals surface area contributed by atoms with Crippen molar-refractivity contribution in [2.75, 3.05) is 27.9 Å². The largest absolute Gasteiger partial charge is 0.497 e. The van der Waals surface area contributed by atoms with Crippen LogP contribution in [-0.4, -0.2) is 38.7 Å². The molecule has 0 aliphatic carbocycles. The number of carbonyl (C=O) groups excluding carboxylic acids is 1. The molecule has 1 aliphatic rings. The van der Waals surface area contributed by atoms with Crippen LogP contribution in [-0.2, 0) is 6.42 Å². The van der Waals surface area contributed by atoms with Crippen LogP contribution in [0.4, 0.5) is 0 Å². The molecular weight excluding hydrogens is 449 g/mol. The summed E-state index contributed by atoms with van der Waals surface area (Å²) in [6, 6.07) is 16.3. The van der Waals surface area contributed by atoms with Crippen molar-refractivity contribution in [3.05, 3.63) is 86.9 Å². The van der Waals surface area contributed by atoms with Crippen molar-refractivity contribution in [1.82, 2.24) is 4.90 Å². The van der Waals surface area contributed by atoms with E-state index in [4.69, 9.17) is 37.4 Å². The molecule has 166 valence electrons. The van der Waals surface area contributed by atoms with E-state index in [1.54, 1.807) is 39.5 Å². The molecule has 0 N–H and O–H groups in total. The van der Waals surface area contributed by atoms with Gasteiger partial charge in [0.05, 0.1) is 37.4 Å². The Balaban J connectivity index is 1.84. The third-order valence-electron chi connectivity index (χ3n) is 5.73. The van der Waals surface area contributed by atoms with E-state index >= 15 is 0 Å². The summed E-state index contributed by atoms with van der Waals surface area (Å²) < 4.78 is 16.4. The van der Waals surface area contributed by atoms with Gasteiger partial charge in [0.1, 0.15) is 5.75 Å². The molecule has 0 fully saturated rings. The molecule has 0 aromatic heterocycles. The van der Waals surface area contributed by atoms with Crippen molar-refractivity contribution in [1.29, 1.82) is 0 Å². The molecule has 3 aromatic rings. The highest BCUT2D eigenvalue weighted by atomic mass is 35.5. The fourth-order valence-electron chi connectivity index (χ4n) is 4.11. The van der Waals surface area contributed by atoms with Gasteiger partial charge in [-0.2, -0.15) is 0 Å². The number of ether oxygens (including phenoxy) is 3. The maximum Gasteiger partial charge on any atom is 0.254 e. The van der Waals surface area contributed by atoms with E-state index in [1.807, 2.05) is 41.3 Å². The summed E-state index contributed by atoms with van der Waals surface area (Å²) in [5.74, 6) is 1.92. The summed E-state index contributed by atoms with van der Waals surface area (Å²) in [5.41, 5.74) is 3.56. The van der Waals surface area contributed by atoms with Crippen LogP contribution in [0.3, 0.4) is 0 Å². The molecule has 4 rings (SSSR count). The van der Waals surface area contributed by atoms with Crippen LogP contribution in [0.1, 0.15) is 33.1 Å². The Morgan fingerprint density at radius 2 is 1.56 bits per heavy atom. The molecule has 1 aliphatic heterocycles. The first kappa shape index (κ1) is 22.3. The summed E-state index contributed by atoms with van der Waals surface area (Å²) in [7, 11) is 4.85. The van der Waals surface area contributed by atoms with Crippen molar-refractivity contribution in [2.24, 2.45) is 0 Å². The lowest BCUT2D eigenvalue weighted by Gasteiger charge is -2.38. The van der Waals surface area contributed by atoms with Gasteiger partial charge in [0.2, 0.25) is 0 Å². The minimum Gasteiger partial charge on any atom is -0.497 e. The summed E-state index contributed by atoms with van der Waals surface area (Å²) in [6.45, 7) is 0.540. The number of rotatable bonds is 5. The van der Waals surface area contributed by atoms with Crippen LogP contribution in [0, 0.1) is 0 Å². The van der Waals surface area contributed by atoms with Crippen molar-refractivity contribution < 1.29 is 19.0 Å². The van der Waals surface area contributed by atoms with Crippen molar-refractivity contribution >= 4 is 29.1 Å². The topological polar surface area (TPSA) is 48.0 Å². The standard InChI is InChI=1S/C25H23Cl2NO4/c1-30-18-7-4-15(5-8-18)24-19-14-23(32-3)22(31-2)13-16(19)10-11-28(24)25(29)17-6-9-20(26)21(27)12-17/h4-9,12-14,24H,10-11H2,1-3H3. The second-order valence-electron chi connectivity index (χ2n) is 7.46. The lowest BCUT2D eigenvalue weighted by Crippen LogP contribution is -2.40. The van der Waals surface area contributed by atoms with Crippen LogP contribution in [0.2, 0.25) is 10.0 Å². The number of carbonyl (C=O) groups is 1. The quantitative estimate of drug-likeness (QED) is 0.471. The number of fused-ring (bicyclic) bond motifs is 1. The van der Waals surface area contributed by atoms with Gasteiger partial charge in [0, 0.05) is 12.1 Å². The molecule has 1 heterocycles. The SMILES string of the molecule is COc1ccc(C2c3cc(OC)c(OC)cc3CCN2C(=O)c2ccc(Cl)c(Cl)c2)cc1. The van der Waals surface area contributed by atoms with E-state index in [9.17, 15) is 4.79 Å². The van der Waals surface area contributed by atoms with Gasteiger partial charge in [-0.3, -0.25) is 4.79 Å². The molecule has 0 bridgehead atoms. The minimum atomic E-state index is -0.314. The number of methoxy groups -OCH3 is 3. The molecular formula is C25H23Cl2NO4. The first-order valence-electron chi connectivity index (χ1n) is 10.1. The van der Waals surface area contributed by atoms with Gasteiger partial charge in [-0.25, -0.2) is 0 Å². The Labute approximate surface area is 197 Å². The number of benzene rings is 3. The molecule has 0 saturated heterocycles. The van der Waals surface area contributed by atoms with Crippen LogP contribution in [0.25, 0.3) is 0 Å². The van der Waals surface area contributed by atoms with E-state index < -0.39 is 0 Å². The predicted molar refractivity (Wildman–Crippen MR) is 126 cm³/mol. The smallest absolute Gasteiger partial charge is 0.254 e. The van der Waals surface area contributed by atoms with Crippen LogP contribution in [0.15, 0.2) is 54.6 Å². The first-order valence-corrected chi connectivity index (χ1v) is 10.9. The summed E-state index contributed by atoms with van der Waals surface area (Å²) in [5, 5.41) is 0.762.